The van der Waals surface area contributed by atoms with E-state index >= 15 is 0 Å². The number of amides is 1. The van der Waals surface area contributed by atoms with Gasteiger partial charge in [0.1, 0.15) is 26.0 Å². The van der Waals surface area contributed by atoms with Gasteiger partial charge in [0.05, 0.1) is 11.7 Å². The fraction of sp³-hybridized carbons (Fsp3) is 0.500. The Bertz CT molecular complexity index is 646. The Morgan fingerprint density at radius 2 is 2.21 bits per heavy atom. The van der Waals surface area contributed by atoms with Crippen LogP contribution >= 0.6 is 0 Å². The number of fused-ring (bicyclic) bond motifs is 1. The number of alkyl halides is 3. The number of pyridine rings is 1. The fourth-order valence-electron chi connectivity index (χ4n) is 3.03. The largest absolute Gasteiger partial charge is 0.494 e. The summed E-state index contributed by atoms with van der Waals surface area (Å²) in [5.74, 6) is -1.02. The molecule has 0 spiro atoms. The molecule has 0 fully saturated rings. The van der Waals surface area contributed by atoms with Crippen LogP contribution in [0, 0.1) is 0 Å². The van der Waals surface area contributed by atoms with E-state index in [1.165, 1.54) is 6.20 Å². The summed E-state index contributed by atoms with van der Waals surface area (Å²) in [5, 5.41) is 0. The molecule has 24 heavy (non-hydrogen) atoms. The molecule has 2 heterocycles. The van der Waals surface area contributed by atoms with E-state index in [0.717, 1.165) is 23.1 Å². The Labute approximate surface area is 137 Å². The maximum atomic E-state index is 13.1. The van der Waals surface area contributed by atoms with Crippen LogP contribution in [0.25, 0.3) is 0 Å². The summed E-state index contributed by atoms with van der Waals surface area (Å²) >= 11 is 0. The summed E-state index contributed by atoms with van der Waals surface area (Å²) in [4.78, 5) is 17.6. The Morgan fingerprint density at radius 3 is 2.92 bits per heavy atom. The second-order valence-electron chi connectivity index (χ2n) is 5.71. The molecule has 0 saturated carbocycles. The van der Waals surface area contributed by atoms with Gasteiger partial charge in [0, 0.05) is 6.20 Å². The van der Waals surface area contributed by atoms with Crippen LogP contribution < -0.4 is 0 Å². The van der Waals surface area contributed by atoms with Crippen LogP contribution in [0.4, 0.5) is 13.2 Å². The van der Waals surface area contributed by atoms with Crippen LogP contribution in [0.2, 0.25) is 0 Å². The van der Waals surface area contributed by atoms with E-state index in [2.05, 4.69) is 4.98 Å². The Balaban J connectivity index is 1.93. The number of hydrogen-bond acceptors (Lipinski definition) is 4. The van der Waals surface area contributed by atoms with Gasteiger partial charge in [0.25, 0.3) is 5.91 Å². The first kappa shape index (κ1) is 16.6. The molecule has 0 aromatic carbocycles. The maximum absolute atomic E-state index is 13.1. The molecule has 1 aliphatic heterocycles. The van der Waals surface area contributed by atoms with Gasteiger partial charge in [0.15, 0.2) is 0 Å². The van der Waals surface area contributed by atoms with E-state index in [1.54, 1.807) is 6.07 Å². The van der Waals surface area contributed by atoms with E-state index in [4.69, 9.17) is 9.47 Å². The molecular weight excluding hydrogens is 325 g/mol. The quantitative estimate of drug-likeness (QED) is 0.848. The Hall–Kier alpha value is -2.25. The van der Waals surface area contributed by atoms with Crippen molar-refractivity contribution in [3.05, 3.63) is 41.6 Å². The summed E-state index contributed by atoms with van der Waals surface area (Å²) < 4.78 is 49.4. The number of carbonyl (C=O) groups excluding carboxylic acids is 1. The predicted octanol–water partition coefficient (Wildman–Crippen LogP) is 2.74. The van der Waals surface area contributed by atoms with Crippen LogP contribution in [-0.4, -0.2) is 41.7 Å². The van der Waals surface area contributed by atoms with Crippen LogP contribution in [-0.2, 0) is 20.7 Å². The third-order valence-electron chi connectivity index (χ3n) is 4.01. The zero-order chi connectivity index (χ0) is 17.2. The summed E-state index contributed by atoms with van der Waals surface area (Å²) in [7, 11) is 0. The molecule has 0 saturated heterocycles. The van der Waals surface area contributed by atoms with E-state index in [0.29, 0.717) is 18.5 Å². The minimum atomic E-state index is -4.52. The Kier molecular flexibility index (Phi) is 4.64. The number of aromatic nitrogens is 1. The molecule has 8 heteroatoms. The van der Waals surface area contributed by atoms with E-state index in [1.807, 2.05) is 6.07 Å². The van der Waals surface area contributed by atoms with Crippen LogP contribution in [0.15, 0.2) is 30.4 Å². The Morgan fingerprint density at radius 1 is 1.38 bits per heavy atom. The van der Waals surface area contributed by atoms with Crippen molar-refractivity contribution in [3.8, 4) is 0 Å². The number of halogens is 3. The van der Waals surface area contributed by atoms with E-state index < -0.39 is 24.7 Å². The second kappa shape index (κ2) is 6.70. The third kappa shape index (κ3) is 3.63. The molecule has 0 bridgehead atoms. The molecule has 1 aliphatic carbocycles. The number of ether oxygens (including phenoxy) is 2. The lowest BCUT2D eigenvalue weighted by Crippen LogP contribution is -2.44. The summed E-state index contributed by atoms with van der Waals surface area (Å²) in [6.45, 7) is -0.950. The molecule has 1 aromatic heterocycles. The highest BCUT2D eigenvalue weighted by molar-refractivity contribution is 5.91. The number of aryl methyl sites for hydroxylation is 1. The van der Waals surface area contributed by atoms with Gasteiger partial charge < -0.3 is 14.4 Å². The van der Waals surface area contributed by atoms with Crippen molar-refractivity contribution < 1.29 is 27.4 Å². The number of hydrogen-bond donors (Lipinski definition) is 0. The predicted molar refractivity (Wildman–Crippen MR) is 77.7 cm³/mol. The summed E-state index contributed by atoms with van der Waals surface area (Å²) in [5.41, 5.74) is 1.40. The summed E-state index contributed by atoms with van der Waals surface area (Å²) in [6.07, 6.45) is -0.0280. The average molecular weight is 342 g/mol. The molecule has 3 rings (SSSR count). The highest BCUT2D eigenvalue weighted by Crippen LogP contribution is 2.35. The maximum Gasteiger partial charge on any atom is 0.406 e. The zero-order valence-electron chi connectivity index (χ0n) is 12.9. The van der Waals surface area contributed by atoms with Crippen molar-refractivity contribution in [2.75, 3.05) is 19.8 Å². The van der Waals surface area contributed by atoms with Gasteiger partial charge in [-0.05, 0) is 30.9 Å². The van der Waals surface area contributed by atoms with Gasteiger partial charge in [-0.2, -0.15) is 13.2 Å². The number of nitrogens with zero attached hydrogens (tertiary/aromatic N) is 2. The van der Waals surface area contributed by atoms with Crippen molar-refractivity contribution in [1.82, 2.24) is 9.88 Å². The van der Waals surface area contributed by atoms with Gasteiger partial charge in [0.2, 0.25) is 5.76 Å². The molecule has 1 atom stereocenters. The average Bonchev–Trinajstić information content (AvgIpc) is 2.59. The van der Waals surface area contributed by atoms with Gasteiger partial charge in [-0.1, -0.05) is 6.07 Å². The minimum absolute atomic E-state index is 0.136. The van der Waals surface area contributed by atoms with Gasteiger partial charge >= 0.3 is 6.18 Å². The van der Waals surface area contributed by atoms with Gasteiger partial charge in [-0.25, -0.2) is 0 Å². The molecule has 130 valence electrons. The fourth-order valence-corrected chi connectivity index (χ4v) is 3.03. The SMILES string of the molecule is O=C(C1=COCCO1)N(CC(F)(F)F)[C@H]1CCCc2cccnc21. The van der Waals surface area contributed by atoms with E-state index in [9.17, 15) is 18.0 Å². The van der Waals surface area contributed by atoms with Gasteiger partial charge in [-0.15, -0.1) is 0 Å². The normalized spacial score (nSPS) is 20.3. The molecule has 0 N–H and O–H groups in total. The lowest BCUT2D eigenvalue weighted by molar-refractivity contribution is -0.167. The first-order valence-corrected chi connectivity index (χ1v) is 7.72. The molecular formula is C16H17F3N2O3. The van der Waals surface area contributed by atoms with Crippen LogP contribution in [0.1, 0.15) is 30.1 Å². The first-order chi connectivity index (χ1) is 11.5. The van der Waals surface area contributed by atoms with Crippen molar-refractivity contribution >= 4 is 5.91 Å². The lowest BCUT2D eigenvalue weighted by atomic mass is 9.90. The summed E-state index contributed by atoms with van der Waals surface area (Å²) in [6, 6.07) is 2.86. The monoisotopic (exact) mass is 342 g/mol. The van der Waals surface area contributed by atoms with Crippen LogP contribution in [0.3, 0.4) is 0 Å². The lowest BCUT2D eigenvalue weighted by Gasteiger charge is -2.35. The third-order valence-corrected chi connectivity index (χ3v) is 4.01. The van der Waals surface area contributed by atoms with Crippen molar-refractivity contribution in [2.45, 2.75) is 31.5 Å². The number of rotatable bonds is 3. The molecule has 0 unspecified atom stereocenters. The minimum Gasteiger partial charge on any atom is -0.494 e. The molecule has 1 amide bonds. The zero-order valence-corrected chi connectivity index (χ0v) is 12.9. The van der Waals surface area contributed by atoms with Crippen molar-refractivity contribution in [2.24, 2.45) is 0 Å². The van der Waals surface area contributed by atoms with E-state index in [-0.39, 0.29) is 19.0 Å². The standard InChI is InChI=1S/C16H17F3N2O3/c17-16(18,19)10-21(15(22)13-9-23-7-8-24-13)12-5-1-3-11-4-2-6-20-14(11)12/h2,4,6,9,12H,1,3,5,7-8,10H2/t12-/m0/s1. The molecule has 5 nitrogen and oxygen atoms in total. The second-order valence-corrected chi connectivity index (χ2v) is 5.71. The smallest absolute Gasteiger partial charge is 0.406 e. The number of carbonyl (C=O) groups is 1. The highest BCUT2D eigenvalue weighted by Gasteiger charge is 2.40. The highest BCUT2D eigenvalue weighted by atomic mass is 19.4. The van der Waals surface area contributed by atoms with Crippen LogP contribution in [0.5, 0.6) is 0 Å². The van der Waals surface area contributed by atoms with Crippen molar-refractivity contribution in [3.63, 3.8) is 0 Å². The topological polar surface area (TPSA) is 51.7 Å². The first-order valence-electron chi connectivity index (χ1n) is 7.72. The van der Waals surface area contributed by atoms with Gasteiger partial charge in [-0.3, -0.25) is 9.78 Å². The molecule has 2 aliphatic rings. The van der Waals surface area contributed by atoms with Crippen molar-refractivity contribution in [1.29, 1.82) is 0 Å². The molecule has 1 aromatic rings. The molecule has 0 radical (unpaired) electrons.